The normalized spacial score (nSPS) is 10.1. The summed E-state index contributed by atoms with van der Waals surface area (Å²) in [5.41, 5.74) is 0.414. The highest BCUT2D eigenvalue weighted by molar-refractivity contribution is 5.95. The third kappa shape index (κ3) is 6.03. The molecule has 0 aliphatic rings. The summed E-state index contributed by atoms with van der Waals surface area (Å²) in [5.74, 6) is -0.154. The highest BCUT2D eigenvalue weighted by atomic mass is 16.5. The van der Waals surface area contributed by atoms with Crippen LogP contribution in [-0.2, 0) is 4.79 Å². The van der Waals surface area contributed by atoms with Crippen molar-refractivity contribution >= 4 is 11.9 Å². The summed E-state index contributed by atoms with van der Waals surface area (Å²) in [6.45, 7) is 5.09. The number of hydrogen-bond acceptors (Lipinski definition) is 4. The molecule has 1 rings (SSSR count). The Labute approximate surface area is 130 Å². The van der Waals surface area contributed by atoms with E-state index in [0.29, 0.717) is 30.3 Å². The molecule has 22 heavy (non-hydrogen) atoms. The molecular weight excluding hydrogens is 286 g/mol. The van der Waals surface area contributed by atoms with Gasteiger partial charge in [0.2, 0.25) is 0 Å². The summed E-state index contributed by atoms with van der Waals surface area (Å²) in [6.07, 6.45) is 1.87. The fourth-order valence-corrected chi connectivity index (χ4v) is 1.75. The number of carboxylic acids is 1. The van der Waals surface area contributed by atoms with Crippen molar-refractivity contribution < 1.29 is 24.2 Å². The lowest BCUT2D eigenvalue weighted by atomic mass is 10.2. The average Bonchev–Trinajstić information content (AvgIpc) is 2.48. The molecular formula is C16H23NO5. The van der Waals surface area contributed by atoms with E-state index in [1.807, 2.05) is 6.92 Å². The summed E-state index contributed by atoms with van der Waals surface area (Å²) in [6, 6.07) is 4.95. The van der Waals surface area contributed by atoms with E-state index in [4.69, 9.17) is 14.6 Å². The molecule has 0 unspecified atom stereocenters. The first-order valence-corrected chi connectivity index (χ1v) is 7.48. The Balaban J connectivity index is 2.73. The first-order valence-electron chi connectivity index (χ1n) is 7.48. The number of amides is 1. The molecule has 0 aromatic heterocycles. The van der Waals surface area contributed by atoms with Gasteiger partial charge in [-0.15, -0.1) is 0 Å². The highest BCUT2D eigenvalue weighted by Gasteiger charge is 2.11. The molecule has 0 heterocycles. The zero-order valence-corrected chi connectivity index (χ0v) is 13.1. The van der Waals surface area contributed by atoms with Crippen molar-refractivity contribution in [3.8, 4) is 11.5 Å². The highest BCUT2D eigenvalue weighted by Crippen LogP contribution is 2.28. The molecule has 6 nitrogen and oxygen atoms in total. The Morgan fingerprint density at radius 2 is 1.95 bits per heavy atom. The van der Waals surface area contributed by atoms with Crippen LogP contribution >= 0.6 is 0 Å². The van der Waals surface area contributed by atoms with Crippen molar-refractivity contribution in [1.29, 1.82) is 0 Å². The molecule has 0 radical (unpaired) electrons. The van der Waals surface area contributed by atoms with Gasteiger partial charge in [-0.2, -0.15) is 0 Å². The van der Waals surface area contributed by atoms with Gasteiger partial charge < -0.3 is 19.9 Å². The molecule has 0 aliphatic heterocycles. The number of rotatable bonds is 10. The van der Waals surface area contributed by atoms with Gasteiger partial charge in [-0.3, -0.25) is 9.59 Å². The number of nitrogens with one attached hydrogen (secondary N) is 1. The molecule has 0 spiro atoms. The Morgan fingerprint density at radius 1 is 1.18 bits per heavy atom. The summed E-state index contributed by atoms with van der Waals surface area (Å²) < 4.78 is 11.1. The van der Waals surface area contributed by atoms with E-state index >= 15 is 0 Å². The van der Waals surface area contributed by atoms with Crippen molar-refractivity contribution in [2.75, 3.05) is 19.8 Å². The van der Waals surface area contributed by atoms with Gasteiger partial charge in [-0.25, -0.2) is 0 Å². The molecule has 2 N–H and O–H groups in total. The van der Waals surface area contributed by atoms with Crippen molar-refractivity contribution in [1.82, 2.24) is 5.32 Å². The molecule has 1 aromatic rings. The molecule has 0 bridgehead atoms. The molecule has 0 fully saturated rings. The number of unbranched alkanes of at least 4 members (excludes halogenated alkanes) is 1. The number of carbonyl (C=O) groups excluding carboxylic acids is 1. The van der Waals surface area contributed by atoms with Crippen LogP contribution in [0.15, 0.2) is 18.2 Å². The molecule has 122 valence electrons. The van der Waals surface area contributed by atoms with Crippen LogP contribution in [0.2, 0.25) is 0 Å². The summed E-state index contributed by atoms with van der Waals surface area (Å²) in [5, 5.41) is 11.1. The fourth-order valence-electron chi connectivity index (χ4n) is 1.75. The maximum Gasteiger partial charge on any atom is 0.305 e. The molecule has 0 aliphatic carbocycles. The first kappa shape index (κ1) is 17.8. The predicted molar refractivity (Wildman–Crippen MR) is 82.6 cm³/mol. The first-order chi connectivity index (χ1) is 10.6. The summed E-state index contributed by atoms with van der Waals surface area (Å²) in [4.78, 5) is 22.4. The zero-order valence-electron chi connectivity index (χ0n) is 13.1. The maximum atomic E-state index is 12.0. The predicted octanol–water partition coefficient (Wildman–Crippen LogP) is 2.47. The lowest BCUT2D eigenvalue weighted by Crippen LogP contribution is -2.26. The van der Waals surface area contributed by atoms with Gasteiger partial charge in [-0.1, -0.05) is 13.3 Å². The average molecular weight is 309 g/mol. The second kappa shape index (κ2) is 9.65. The molecule has 0 atom stereocenters. The minimum Gasteiger partial charge on any atom is -0.490 e. The molecule has 1 aromatic carbocycles. The van der Waals surface area contributed by atoms with Crippen LogP contribution in [0.4, 0.5) is 0 Å². The SMILES string of the molecule is CCCCOc1ccc(C(=O)NCCC(=O)O)cc1OCC. The van der Waals surface area contributed by atoms with Gasteiger partial charge in [0.15, 0.2) is 11.5 Å². The van der Waals surface area contributed by atoms with Gasteiger partial charge >= 0.3 is 5.97 Å². The van der Waals surface area contributed by atoms with Crippen LogP contribution in [0, 0.1) is 0 Å². The molecule has 0 saturated heterocycles. The quantitative estimate of drug-likeness (QED) is 0.649. The van der Waals surface area contributed by atoms with Crippen LogP contribution in [-0.4, -0.2) is 36.7 Å². The third-order valence-corrected chi connectivity index (χ3v) is 2.89. The largest absolute Gasteiger partial charge is 0.490 e. The van der Waals surface area contributed by atoms with E-state index in [2.05, 4.69) is 12.2 Å². The molecule has 6 heteroatoms. The van der Waals surface area contributed by atoms with Crippen LogP contribution in [0.3, 0.4) is 0 Å². The fraction of sp³-hybridized carbons (Fsp3) is 0.500. The van der Waals surface area contributed by atoms with Gasteiger partial charge in [0.05, 0.1) is 19.6 Å². The molecule has 0 saturated carbocycles. The Kier molecular flexibility index (Phi) is 7.81. The Hall–Kier alpha value is -2.24. The standard InChI is InChI=1S/C16H23NO5/c1-3-5-10-22-13-7-6-12(11-14(13)21-4-2)16(20)17-9-8-15(18)19/h6-7,11H,3-5,8-10H2,1-2H3,(H,17,20)(H,18,19). The van der Waals surface area contributed by atoms with Gasteiger partial charge in [0, 0.05) is 12.1 Å². The van der Waals surface area contributed by atoms with Gasteiger partial charge in [-0.05, 0) is 31.5 Å². The van der Waals surface area contributed by atoms with Crippen LogP contribution in [0.5, 0.6) is 11.5 Å². The van der Waals surface area contributed by atoms with E-state index in [-0.39, 0.29) is 18.9 Å². The van der Waals surface area contributed by atoms with Crippen molar-refractivity contribution in [3.05, 3.63) is 23.8 Å². The van der Waals surface area contributed by atoms with Crippen molar-refractivity contribution in [2.45, 2.75) is 33.1 Å². The van der Waals surface area contributed by atoms with Crippen molar-refractivity contribution in [3.63, 3.8) is 0 Å². The third-order valence-electron chi connectivity index (χ3n) is 2.89. The Morgan fingerprint density at radius 3 is 2.59 bits per heavy atom. The molecule has 1 amide bonds. The summed E-state index contributed by atoms with van der Waals surface area (Å²) >= 11 is 0. The van der Waals surface area contributed by atoms with Crippen LogP contribution in [0.1, 0.15) is 43.5 Å². The minimum atomic E-state index is -0.949. The van der Waals surface area contributed by atoms with Crippen LogP contribution in [0.25, 0.3) is 0 Å². The smallest absolute Gasteiger partial charge is 0.305 e. The number of hydrogen-bond donors (Lipinski definition) is 2. The Bertz CT molecular complexity index is 501. The zero-order chi connectivity index (χ0) is 16.4. The van der Waals surface area contributed by atoms with E-state index in [1.165, 1.54) is 0 Å². The number of carbonyl (C=O) groups is 2. The van der Waals surface area contributed by atoms with E-state index in [0.717, 1.165) is 12.8 Å². The van der Waals surface area contributed by atoms with Gasteiger partial charge in [0.25, 0.3) is 5.91 Å². The lowest BCUT2D eigenvalue weighted by Gasteiger charge is -2.13. The topological polar surface area (TPSA) is 84.9 Å². The van der Waals surface area contributed by atoms with Crippen molar-refractivity contribution in [2.24, 2.45) is 0 Å². The van der Waals surface area contributed by atoms with Crippen LogP contribution < -0.4 is 14.8 Å². The minimum absolute atomic E-state index is 0.0902. The number of ether oxygens (including phenoxy) is 2. The lowest BCUT2D eigenvalue weighted by molar-refractivity contribution is -0.136. The second-order valence-electron chi connectivity index (χ2n) is 4.70. The number of carboxylic acid groups (broad SMARTS) is 1. The number of aliphatic carboxylic acids is 1. The van der Waals surface area contributed by atoms with E-state index in [1.54, 1.807) is 18.2 Å². The van der Waals surface area contributed by atoms with E-state index < -0.39 is 5.97 Å². The monoisotopic (exact) mass is 309 g/mol. The number of benzene rings is 1. The summed E-state index contributed by atoms with van der Waals surface area (Å²) in [7, 11) is 0. The van der Waals surface area contributed by atoms with Gasteiger partial charge in [0.1, 0.15) is 0 Å². The second-order valence-corrected chi connectivity index (χ2v) is 4.70. The maximum absolute atomic E-state index is 12.0. The van der Waals surface area contributed by atoms with E-state index in [9.17, 15) is 9.59 Å².